The van der Waals surface area contributed by atoms with E-state index in [9.17, 15) is 0 Å². The maximum atomic E-state index is 3.86. The number of aromatic nitrogens is 1. The Bertz CT molecular complexity index is 437. The third-order valence-corrected chi connectivity index (χ3v) is 2.40. The maximum Gasteiger partial charge on any atom is 0.199 e. The van der Waals surface area contributed by atoms with Crippen molar-refractivity contribution in [2.45, 2.75) is 6.04 Å². The Morgan fingerprint density at radius 1 is 1.00 bits per heavy atom. The molecule has 2 heteroatoms. The number of nitrogens with zero attached hydrogens (tertiary/aromatic N) is 1. The van der Waals surface area contributed by atoms with Gasteiger partial charge < -0.3 is 0 Å². The zero-order valence-corrected chi connectivity index (χ0v) is 9.08. The molecule has 1 atom stereocenters. The van der Waals surface area contributed by atoms with Gasteiger partial charge >= 0.3 is 0 Å². The second kappa shape index (κ2) is 5.12. The highest BCUT2D eigenvalue weighted by atomic mass is 15.4. The first kappa shape index (κ1) is 10.4. The summed E-state index contributed by atoms with van der Waals surface area (Å²) in [5.41, 5.74) is 4.55. The molecule has 0 saturated carbocycles. The van der Waals surface area contributed by atoms with E-state index in [1.807, 2.05) is 59.5 Å². The second-order valence-electron chi connectivity index (χ2n) is 3.54. The fourth-order valence-corrected chi connectivity index (χ4v) is 1.57. The number of hydrogen-bond donors (Lipinski definition) is 1. The molecule has 0 spiro atoms. The van der Waals surface area contributed by atoms with Gasteiger partial charge in [0.25, 0.3) is 0 Å². The first-order chi connectivity index (χ1) is 7.90. The number of nitrogens with one attached hydrogen (secondary N) is 1. The van der Waals surface area contributed by atoms with Crippen LogP contribution in [0.5, 0.6) is 0 Å². The minimum atomic E-state index is 0.119. The Morgan fingerprint density at radius 3 is 2.25 bits per heavy atom. The van der Waals surface area contributed by atoms with Crippen LogP contribution in [-0.4, -0.2) is 0 Å². The van der Waals surface area contributed by atoms with Crippen molar-refractivity contribution in [1.29, 1.82) is 0 Å². The summed E-state index contributed by atoms with van der Waals surface area (Å²) in [4.78, 5) is 0. The lowest BCUT2D eigenvalue weighted by atomic mass is 10.1. The molecular formula is C14H15N2+. The fourth-order valence-electron chi connectivity index (χ4n) is 1.57. The van der Waals surface area contributed by atoms with E-state index in [0.717, 1.165) is 0 Å². The molecule has 0 fully saturated rings. The molecule has 1 aromatic heterocycles. The summed E-state index contributed by atoms with van der Waals surface area (Å²) in [6.45, 7) is 3.86. The summed E-state index contributed by atoms with van der Waals surface area (Å²) in [6.07, 6.45) is 5.84. The zero-order chi connectivity index (χ0) is 11.2. The minimum Gasteiger partial charge on any atom is -0.182 e. The molecule has 1 heterocycles. The normalized spacial score (nSPS) is 11.8. The van der Waals surface area contributed by atoms with E-state index >= 15 is 0 Å². The quantitative estimate of drug-likeness (QED) is 0.606. The molecule has 2 rings (SSSR count). The third kappa shape index (κ3) is 2.48. The van der Waals surface area contributed by atoms with Gasteiger partial charge in [0.15, 0.2) is 12.4 Å². The van der Waals surface area contributed by atoms with E-state index < -0.39 is 0 Å². The van der Waals surface area contributed by atoms with Crippen LogP contribution in [0.1, 0.15) is 11.6 Å². The Kier molecular flexibility index (Phi) is 3.34. The molecule has 0 aliphatic heterocycles. The Labute approximate surface area is 95.8 Å². The van der Waals surface area contributed by atoms with Crippen LogP contribution in [0.3, 0.4) is 0 Å². The standard InChI is InChI=1S/C14H15N2/c1-2-14(13-9-5-3-6-10-13)15-16-11-7-4-8-12-16/h2-12,14-15H,1H2/q+1/t14-/m0/s1. The van der Waals surface area contributed by atoms with Gasteiger partial charge in [-0.15, -0.1) is 6.58 Å². The van der Waals surface area contributed by atoms with Gasteiger partial charge in [0.1, 0.15) is 6.04 Å². The smallest absolute Gasteiger partial charge is 0.182 e. The van der Waals surface area contributed by atoms with Gasteiger partial charge in [0, 0.05) is 12.1 Å². The summed E-state index contributed by atoms with van der Waals surface area (Å²) in [7, 11) is 0. The second-order valence-corrected chi connectivity index (χ2v) is 3.54. The van der Waals surface area contributed by atoms with E-state index in [-0.39, 0.29) is 6.04 Å². The molecule has 16 heavy (non-hydrogen) atoms. The lowest BCUT2D eigenvalue weighted by Gasteiger charge is -2.10. The highest BCUT2D eigenvalue weighted by Gasteiger charge is 2.09. The van der Waals surface area contributed by atoms with Crippen molar-refractivity contribution in [3.05, 3.63) is 79.1 Å². The third-order valence-electron chi connectivity index (χ3n) is 2.40. The van der Waals surface area contributed by atoms with Gasteiger partial charge in [-0.1, -0.05) is 47.2 Å². The molecule has 1 aromatic carbocycles. The molecule has 80 valence electrons. The first-order valence-electron chi connectivity index (χ1n) is 5.30. The van der Waals surface area contributed by atoms with Crippen molar-refractivity contribution in [3.8, 4) is 0 Å². The van der Waals surface area contributed by atoms with E-state index in [1.165, 1.54) is 5.56 Å². The van der Waals surface area contributed by atoms with Crippen LogP contribution in [0.4, 0.5) is 0 Å². The summed E-state index contributed by atoms with van der Waals surface area (Å²) in [6, 6.07) is 16.3. The number of hydrogen-bond acceptors (Lipinski definition) is 1. The lowest BCUT2D eigenvalue weighted by Crippen LogP contribution is -2.45. The van der Waals surface area contributed by atoms with Gasteiger partial charge in [0.2, 0.25) is 0 Å². The van der Waals surface area contributed by atoms with E-state index in [1.54, 1.807) is 0 Å². The molecular weight excluding hydrogens is 196 g/mol. The monoisotopic (exact) mass is 211 g/mol. The van der Waals surface area contributed by atoms with Crippen molar-refractivity contribution in [2.75, 3.05) is 5.43 Å². The van der Waals surface area contributed by atoms with Crippen LogP contribution >= 0.6 is 0 Å². The Morgan fingerprint density at radius 2 is 1.62 bits per heavy atom. The molecule has 0 radical (unpaired) electrons. The maximum absolute atomic E-state index is 3.86. The molecule has 0 bridgehead atoms. The number of benzene rings is 1. The predicted octanol–water partition coefficient (Wildman–Crippen LogP) is 2.44. The van der Waals surface area contributed by atoms with Gasteiger partial charge in [-0.05, 0) is 5.56 Å². The average Bonchev–Trinajstić information content (AvgIpc) is 2.38. The predicted molar refractivity (Wildman–Crippen MR) is 65.4 cm³/mol. The highest BCUT2D eigenvalue weighted by molar-refractivity contribution is 5.23. The van der Waals surface area contributed by atoms with Crippen molar-refractivity contribution in [2.24, 2.45) is 0 Å². The summed E-state index contributed by atoms with van der Waals surface area (Å²) >= 11 is 0. The SMILES string of the molecule is C=C[C@H](N[n+]1ccccc1)c1ccccc1. The van der Waals surface area contributed by atoms with Crippen LogP contribution in [0.15, 0.2) is 73.6 Å². The van der Waals surface area contributed by atoms with Gasteiger partial charge in [0.05, 0.1) is 0 Å². The topological polar surface area (TPSA) is 15.9 Å². The number of pyridine rings is 1. The Balaban J connectivity index is 2.16. The van der Waals surface area contributed by atoms with Crippen molar-refractivity contribution < 1.29 is 4.68 Å². The minimum absolute atomic E-state index is 0.119. The van der Waals surface area contributed by atoms with Crippen molar-refractivity contribution >= 4 is 0 Å². The van der Waals surface area contributed by atoms with Crippen LogP contribution in [0.2, 0.25) is 0 Å². The highest BCUT2D eigenvalue weighted by Crippen LogP contribution is 2.12. The zero-order valence-electron chi connectivity index (χ0n) is 9.08. The molecule has 0 aliphatic carbocycles. The molecule has 0 unspecified atom stereocenters. The van der Waals surface area contributed by atoms with Gasteiger partial charge in [-0.25, -0.2) is 0 Å². The summed E-state index contributed by atoms with van der Waals surface area (Å²) in [5.74, 6) is 0. The van der Waals surface area contributed by atoms with Gasteiger partial charge in [-0.2, -0.15) is 5.43 Å². The van der Waals surface area contributed by atoms with Crippen LogP contribution in [0, 0.1) is 0 Å². The van der Waals surface area contributed by atoms with Crippen LogP contribution in [0.25, 0.3) is 0 Å². The van der Waals surface area contributed by atoms with Crippen LogP contribution < -0.4 is 10.1 Å². The molecule has 2 aromatic rings. The molecule has 0 amide bonds. The lowest BCUT2D eigenvalue weighted by molar-refractivity contribution is -0.653. The molecule has 0 saturated heterocycles. The summed E-state index contributed by atoms with van der Waals surface area (Å²) in [5, 5.41) is 0. The molecule has 0 aliphatic rings. The Hall–Kier alpha value is -2.09. The number of rotatable bonds is 4. The van der Waals surface area contributed by atoms with Crippen LogP contribution in [-0.2, 0) is 0 Å². The molecule has 2 nitrogen and oxygen atoms in total. The largest absolute Gasteiger partial charge is 0.199 e. The van der Waals surface area contributed by atoms with E-state index in [4.69, 9.17) is 0 Å². The van der Waals surface area contributed by atoms with E-state index in [2.05, 4.69) is 24.1 Å². The molecule has 1 N–H and O–H groups in total. The average molecular weight is 211 g/mol. The summed E-state index contributed by atoms with van der Waals surface area (Å²) < 4.78 is 1.93. The van der Waals surface area contributed by atoms with E-state index in [0.29, 0.717) is 0 Å². The van der Waals surface area contributed by atoms with Gasteiger partial charge in [-0.3, -0.25) is 0 Å². The van der Waals surface area contributed by atoms with Crippen molar-refractivity contribution in [1.82, 2.24) is 0 Å². The first-order valence-corrected chi connectivity index (χ1v) is 5.30. The van der Waals surface area contributed by atoms with Crippen molar-refractivity contribution in [3.63, 3.8) is 0 Å². The fraction of sp³-hybridized carbons (Fsp3) is 0.0714.